The molecule has 0 spiro atoms. The highest BCUT2D eigenvalue weighted by Crippen LogP contribution is 2.41. The van der Waals surface area contributed by atoms with Gasteiger partial charge in [0, 0.05) is 0 Å². The molecule has 0 unspecified atom stereocenters. The molecule has 0 nitrogen and oxygen atoms in total. The van der Waals surface area contributed by atoms with Crippen molar-refractivity contribution in [3.05, 3.63) is 136 Å². The van der Waals surface area contributed by atoms with Crippen molar-refractivity contribution in [3.8, 4) is 11.1 Å². The van der Waals surface area contributed by atoms with E-state index >= 15 is 0 Å². The van der Waals surface area contributed by atoms with Gasteiger partial charge in [-0.25, -0.2) is 0 Å². The first-order valence-corrected chi connectivity index (χ1v) is 15.6. The molecule has 0 aromatic heterocycles. The molecule has 210 valence electrons. The molecule has 0 radical (unpaired) electrons. The number of aryl methyl sites for hydroxylation is 8. The third-order valence-electron chi connectivity index (χ3n) is 9.79. The summed E-state index contributed by atoms with van der Waals surface area (Å²) in [5.41, 5.74) is 17.7. The second-order valence-corrected chi connectivity index (χ2v) is 13.0. The number of benzene rings is 7. The minimum Gasteiger partial charge on any atom is -0.0629 e. The Labute approximate surface area is 256 Å². The van der Waals surface area contributed by atoms with Crippen LogP contribution in [0.1, 0.15) is 44.5 Å². The van der Waals surface area contributed by atoms with Crippen LogP contribution in [0, 0.1) is 55.4 Å². The molecule has 7 aromatic carbocycles. The average molecular weight is 555 g/mol. The number of rotatable bonds is 4. The van der Waals surface area contributed by atoms with E-state index in [1.165, 1.54) is 104 Å². The van der Waals surface area contributed by atoms with Gasteiger partial charge in [0.15, 0.2) is 0 Å². The molecule has 0 heterocycles. The smallest absolute Gasteiger partial charge is 0.0629 e. The van der Waals surface area contributed by atoms with Crippen molar-refractivity contribution in [3.63, 3.8) is 0 Å². The molecule has 0 aliphatic carbocycles. The summed E-state index contributed by atoms with van der Waals surface area (Å²) in [7, 11) is 0. The van der Waals surface area contributed by atoms with Crippen LogP contribution < -0.4 is 16.4 Å². The van der Waals surface area contributed by atoms with Crippen LogP contribution in [0.25, 0.3) is 43.4 Å². The zero-order chi connectivity index (χ0) is 30.2. The molecular formula is C42H39B. The first-order chi connectivity index (χ1) is 20.6. The lowest BCUT2D eigenvalue weighted by Gasteiger charge is -2.27. The van der Waals surface area contributed by atoms with Crippen LogP contribution in [-0.4, -0.2) is 6.71 Å². The maximum absolute atomic E-state index is 2.49. The van der Waals surface area contributed by atoms with Gasteiger partial charge in [-0.05, 0) is 110 Å². The molecular weight excluding hydrogens is 515 g/mol. The van der Waals surface area contributed by atoms with Gasteiger partial charge in [-0.3, -0.25) is 0 Å². The fourth-order valence-electron chi connectivity index (χ4n) is 8.22. The second kappa shape index (κ2) is 10.1. The van der Waals surface area contributed by atoms with Gasteiger partial charge < -0.3 is 0 Å². The van der Waals surface area contributed by atoms with E-state index in [0.717, 1.165) is 0 Å². The van der Waals surface area contributed by atoms with Crippen LogP contribution >= 0.6 is 0 Å². The van der Waals surface area contributed by atoms with Gasteiger partial charge in [-0.1, -0.05) is 141 Å². The summed E-state index contributed by atoms with van der Waals surface area (Å²) < 4.78 is 0. The monoisotopic (exact) mass is 554 g/mol. The van der Waals surface area contributed by atoms with E-state index in [-0.39, 0.29) is 6.71 Å². The Bertz CT molecular complexity index is 2100. The van der Waals surface area contributed by atoms with Crippen LogP contribution in [0.4, 0.5) is 0 Å². The minimum atomic E-state index is 0.138. The third-order valence-corrected chi connectivity index (χ3v) is 9.79. The Balaban J connectivity index is 1.65. The van der Waals surface area contributed by atoms with Gasteiger partial charge in [0.05, 0.1) is 0 Å². The van der Waals surface area contributed by atoms with Crippen molar-refractivity contribution in [2.75, 3.05) is 0 Å². The molecule has 0 bridgehead atoms. The van der Waals surface area contributed by atoms with E-state index in [9.17, 15) is 0 Å². The predicted molar refractivity (Wildman–Crippen MR) is 191 cm³/mol. The first-order valence-electron chi connectivity index (χ1n) is 15.6. The summed E-state index contributed by atoms with van der Waals surface area (Å²) in [6.45, 7) is 18.4. The lowest BCUT2D eigenvalue weighted by molar-refractivity contribution is 1.34. The molecule has 0 saturated heterocycles. The molecule has 0 aliphatic heterocycles. The number of hydrogen-bond acceptors (Lipinski definition) is 0. The topological polar surface area (TPSA) is 0 Å². The van der Waals surface area contributed by atoms with Gasteiger partial charge in [0.1, 0.15) is 0 Å². The van der Waals surface area contributed by atoms with Crippen molar-refractivity contribution in [2.45, 2.75) is 55.4 Å². The maximum Gasteiger partial charge on any atom is 0.243 e. The van der Waals surface area contributed by atoms with Crippen molar-refractivity contribution in [2.24, 2.45) is 0 Å². The van der Waals surface area contributed by atoms with Gasteiger partial charge in [-0.2, -0.15) is 0 Å². The summed E-state index contributed by atoms with van der Waals surface area (Å²) >= 11 is 0. The molecule has 0 amide bonds. The second-order valence-electron chi connectivity index (χ2n) is 13.0. The Hall–Kier alpha value is -4.36. The largest absolute Gasteiger partial charge is 0.243 e. The van der Waals surface area contributed by atoms with Crippen LogP contribution in [0.3, 0.4) is 0 Å². The van der Waals surface area contributed by atoms with Crippen LogP contribution in [0.15, 0.2) is 91.0 Å². The highest BCUT2D eigenvalue weighted by atomic mass is 14.2. The van der Waals surface area contributed by atoms with E-state index in [2.05, 4.69) is 146 Å². The molecule has 0 aliphatic rings. The van der Waals surface area contributed by atoms with Gasteiger partial charge in [0.25, 0.3) is 0 Å². The molecule has 43 heavy (non-hydrogen) atoms. The van der Waals surface area contributed by atoms with Crippen molar-refractivity contribution < 1.29 is 0 Å². The van der Waals surface area contributed by atoms with Crippen LogP contribution in [0.5, 0.6) is 0 Å². The Morgan fingerprint density at radius 3 is 1.37 bits per heavy atom. The van der Waals surface area contributed by atoms with E-state index < -0.39 is 0 Å². The first kappa shape index (κ1) is 27.5. The number of hydrogen-bond donors (Lipinski definition) is 0. The van der Waals surface area contributed by atoms with Crippen LogP contribution in [-0.2, 0) is 0 Å². The zero-order valence-electron chi connectivity index (χ0n) is 26.7. The van der Waals surface area contributed by atoms with Gasteiger partial charge in [-0.15, -0.1) is 0 Å². The fraction of sp³-hybridized carbons (Fsp3) is 0.190. The van der Waals surface area contributed by atoms with E-state index in [1.54, 1.807) is 0 Å². The van der Waals surface area contributed by atoms with E-state index in [0.29, 0.717) is 0 Å². The summed E-state index contributed by atoms with van der Waals surface area (Å²) in [6, 6.07) is 34.7. The normalized spacial score (nSPS) is 11.7. The van der Waals surface area contributed by atoms with Crippen molar-refractivity contribution >= 4 is 55.4 Å². The molecule has 1 heteroatoms. The van der Waals surface area contributed by atoms with Crippen molar-refractivity contribution in [1.82, 2.24) is 0 Å². The molecule has 0 fully saturated rings. The SMILES string of the molecule is Cc1cc(C)c(B(c2c(C)cc(C)cc2C)c2cc(C)c3ccc4c(-c5ccccc5)cc(C)c5ccc2c3c54)c(C)c1. The Morgan fingerprint density at radius 2 is 0.837 bits per heavy atom. The lowest BCUT2D eigenvalue weighted by Crippen LogP contribution is -2.56. The summed E-state index contributed by atoms with van der Waals surface area (Å²) in [6.07, 6.45) is 0. The minimum absolute atomic E-state index is 0.138. The van der Waals surface area contributed by atoms with Gasteiger partial charge >= 0.3 is 0 Å². The predicted octanol–water partition coefficient (Wildman–Crippen LogP) is 9.23. The third kappa shape index (κ3) is 4.29. The molecule has 0 saturated carbocycles. The zero-order valence-corrected chi connectivity index (χ0v) is 26.7. The molecule has 7 aromatic rings. The average Bonchev–Trinajstić information content (AvgIpc) is 2.96. The lowest BCUT2D eigenvalue weighted by atomic mass is 9.33. The maximum atomic E-state index is 2.49. The quantitative estimate of drug-likeness (QED) is 0.150. The standard InChI is InChI=1S/C42H39B/c1-24-18-28(5)41(29(6)19-24)43(42-30(7)20-25(2)21-31(42)8)38-23-27(4)34-14-16-35-37(32-12-10-9-11-13-32)22-26(3)33-15-17-36(38)40(34)39(33)35/h9-23H,1-8H3. The summed E-state index contributed by atoms with van der Waals surface area (Å²) in [5, 5.41) is 8.21. The van der Waals surface area contributed by atoms with Gasteiger partial charge in [0.2, 0.25) is 6.71 Å². The van der Waals surface area contributed by atoms with Crippen molar-refractivity contribution in [1.29, 1.82) is 0 Å². The molecule has 0 atom stereocenters. The van der Waals surface area contributed by atoms with Crippen LogP contribution in [0.2, 0.25) is 0 Å². The summed E-state index contributed by atoms with van der Waals surface area (Å²) in [5.74, 6) is 0. The Kier molecular flexibility index (Phi) is 6.47. The molecule has 0 N–H and O–H groups in total. The highest BCUT2D eigenvalue weighted by Gasteiger charge is 2.31. The fourth-order valence-corrected chi connectivity index (χ4v) is 8.22. The van der Waals surface area contributed by atoms with E-state index in [1.807, 2.05) is 0 Å². The highest BCUT2D eigenvalue weighted by molar-refractivity contribution is 6.98. The molecule has 7 rings (SSSR count). The summed E-state index contributed by atoms with van der Waals surface area (Å²) in [4.78, 5) is 0. The Morgan fingerprint density at radius 1 is 0.395 bits per heavy atom. The van der Waals surface area contributed by atoms with E-state index in [4.69, 9.17) is 0 Å².